The molecule has 21 heteroatoms. The molecule has 4 N–H and O–H groups in total. The summed E-state index contributed by atoms with van der Waals surface area (Å²) in [5.74, 6) is -2.63. The van der Waals surface area contributed by atoms with Gasteiger partial charge in [-0.25, -0.2) is 0 Å². The van der Waals surface area contributed by atoms with Crippen LogP contribution in [0.1, 0.15) is 51.3 Å². The number of halogens is 5. The number of Topliss-reactive ketones (excluding diaryl/α,β-unsaturated/α-hetero) is 2. The fourth-order valence-electron chi connectivity index (χ4n) is 6.29. The van der Waals surface area contributed by atoms with E-state index in [1.165, 1.54) is 68.8 Å². The minimum atomic E-state index is -1.61. The van der Waals surface area contributed by atoms with Crippen molar-refractivity contribution in [3.8, 4) is 11.5 Å². The van der Waals surface area contributed by atoms with Crippen LogP contribution in [-0.4, -0.2) is 73.3 Å². The van der Waals surface area contributed by atoms with Crippen molar-refractivity contribution in [2.45, 2.75) is 44.7 Å². The van der Waals surface area contributed by atoms with Crippen molar-refractivity contribution in [1.82, 2.24) is 0 Å². The number of anilines is 4. The molecular weight excluding hydrogens is 982 g/mol. The molecule has 68 heavy (non-hydrogen) atoms. The summed E-state index contributed by atoms with van der Waals surface area (Å²) in [5.41, 5.74) is 3.64. The highest BCUT2D eigenvalue weighted by atomic mass is 35.5. The summed E-state index contributed by atoms with van der Waals surface area (Å²) >= 11 is 30.7. The average Bonchev–Trinajstić information content (AvgIpc) is 3.31. The summed E-state index contributed by atoms with van der Waals surface area (Å²) in [7, 11) is 2.94. The first-order chi connectivity index (χ1) is 32.6. The number of azo groups is 2. The summed E-state index contributed by atoms with van der Waals surface area (Å²) in [6.07, 6.45) is 1.21. The van der Waals surface area contributed by atoms with E-state index >= 15 is 0 Å². The maximum absolute atomic E-state index is 13.4. The molecule has 0 fully saturated rings. The van der Waals surface area contributed by atoms with Crippen molar-refractivity contribution < 1.29 is 38.2 Å². The number of carbonyl (C=O) groups is 6. The predicted molar refractivity (Wildman–Crippen MR) is 265 cm³/mol. The summed E-state index contributed by atoms with van der Waals surface area (Å²) in [6, 6.07) is 20.0. The minimum absolute atomic E-state index is 0.0380. The molecule has 2 unspecified atom stereocenters. The lowest BCUT2D eigenvalue weighted by Gasteiger charge is -2.15. The van der Waals surface area contributed by atoms with Gasteiger partial charge in [-0.05, 0) is 122 Å². The van der Waals surface area contributed by atoms with Gasteiger partial charge in [0.25, 0.3) is 23.6 Å². The van der Waals surface area contributed by atoms with Crippen LogP contribution in [0.4, 0.5) is 34.1 Å². The number of alkyl halides is 3. The van der Waals surface area contributed by atoms with Crippen LogP contribution in [0.25, 0.3) is 0 Å². The Morgan fingerprint density at radius 2 is 0.985 bits per heavy atom. The van der Waals surface area contributed by atoms with Gasteiger partial charge in [-0.2, -0.15) is 20.5 Å². The molecule has 0 bridgehead atoms. The first-order valence-electron chi connectivity index (χ1n) is 20.4. The molecule has 0 spiro atoms. The van der Waals surface area contributed by atoms with Crippen molar-refractivity contribution in [3.63, 3.8) is 0 Å². The number of ether oxygens (including phenoxy) is 2. The average molecular weight is 1030 g/mol. The van der Waals surface area contributed by atoms with E-state index in [1.807, 2.05) is 0 Å². The number of carbonyl (C=O) groups excluding carboxylic acids is 6. The predicted octanol–water partition coefficient (Wildman–Crippen LogP) is 11.2. The number of nitrogens with one attached hydrogen (secondary N) is 4. The van der Waals surface area contributed by atoms with Gasteiger partial charge in [-0.15, -0.1) is 34.8 Å². The standard InChI is InChI=1S/C47H43Cl5N8O8/c1-25(61)42(59-57-31-7-10-35(51)33(22-31)44(63)55-38-12-5-27(15-17-48)19-40(38)67-3)46(65)53-30-9-14-37(29(21-30)24-50)54-47(66)43(26(2)62)60-58-32-8-11-36(52)34(23-32)45(64)56-39-13-6-28(16-18-49)20-41(39)68-4/h5-14,19-23,42-43H,15-18,24H2,1-4H3,(H,53,65)(H,54,66)(H,55,63)(H,56,64). The molecule has 5 rings (SSSR count). The summed E-state index contributed by atoms with van der Waals surface area (Å²) in [4.78, 5) is 78.7. The van der Waals surface area contributed by atoms with Crippen LogP contribution in [0.3, 0.4) is 0 Å². The van der Waals surface area contributed by atoms with Crippen LogP contribution in [0.15, 0.2) is 111 Å². The van der Waals surface area contributed by atoms with Gasteiger partial charge in [-0.3, -0.25) is 28.8 Å². The van der Waals surface area contributed by atoms with Crippen molar-refractivity contribution in [1.29, 1.82) is 0 Å². The molecule has 5 aromatic carbocycles. The summed E-state index contributed by atoms with van der Waals surface area (Å²) in [6.45, 7) is 2.32. The third kappa shape index (κ3) is 14.1. The van der Waals surface area contributed by atoms with E-state index in [0.717, 1.165) is 25.0 Å². The number of benzene rings is 5. The number of hydrogen-bond acceptors (Lipinski definition) is 12. The molecular formula is C47H43Cl5N8O8. The Balaban J connectivity index is 1.25. The highest BCUT2D eigenvalue weighted by Crippen LogP contribution is 2.31. The minimum Gasteiger partial charge on any atom is -0.495 e. The second-order valence-electron chi connectivity index (χ2n) is 14.6. The normalized spacial score (nSPS) is 12.0. The maximum atomic E-state index is 13.4. The zero-order valence-corrected chi connectivity index (χ0v) is 40.6. The van der Waals surface area contributed by atoms with E-state index in [1.54, 1.807) is 36.4 Å². The van der Waals surface area contributed by atoms with Crippen LogP contribution in [0.2, 0.25) is 10.0 Å². The number of amides is 4. The molecule has 0 aromatic heterocycles. The number of hydrogen-bond donors (Lipinski definition) is 4. The van der Waals surface area contributed by atoms with Crippen molar-refractivity contribution in [3.05, 3.63) is 129 Å². The van der Waals surface area contributed by atoms with E-state index in [0.29, 0.717) is 53.0 Å². The number of ketones is 2. The molecule has 4 amide bonds. The van der Waals surface area contributed by atoms with Gasteiger partial charge in [0.2, 0.25) is 12.1 Å². The molecule has 0 radical (unpaired) electrons. The van der Waals surface area contributed by atoms with Crippen molar-refractivity contribution in [2.75, 3.05) is 47.2 Å². The van der Waals surface area contributed by atoms with Crippen LogP contribution < -0.4 is 30.7 Å². The van der Waals surface area contributed by atoms with Gasteiger partial charge in [-0.1, -0.05) is 35.3 Å². The van der Waals surface area contributed by atoms with E-state index in [-0.39, 0.29) is 49.8 Å². The van der Waals surface area contributed by atoms with E-state index in [4.69, 9.17) is 67.5 Å². The lowest BCUT2D eigenvalue weighted by atomic mass is 10.1. The number of aryl methyl sites for hydroxylation is 2. The first kappa shape index (κ1) is 52.5. The Kier molecular flexibility index (Phi) is 19.4. The van der Waals surface area contributed by atoms with Crippen LogP contribution in [0, 0.1) is 0 Å². The quantitative estimate of drug-likeness (QED) is 0.0314. The Bertz CT molecular complexity index is 2790. The van der Waals surface area contributed by atoms with Gasteiger partial charge in [0.1, 0.15) is 11.5 Å². The van der Waals surface area contributed by atoms with E-state index in [9.17, 15) is 28.8 Å². The highest BCUT2D eigenvalue weighted by molar-refractivity contribution is 6.35. The van der Waals surface area contributed by atoms with Gasteiger partial charge < -0.3 is 30.7 Å². The molecule has 0 saturated carbocycles. The lowest BCUT2D eigenvalue weighted by Crippen LogP contribution is -2.32. The molecule has 5 aromatic rings. The largest absolute Gasteiger partial charge is 0.495 e. The van der Waals surface area contributed by atoms with Crippen molar-refractivity contribution >= 4 is 127 Å². The third-order valence-electron chi connectivity index (χ3n) is 9.80. The topological polar surface area (TPSA) is 218 Å². The molecule has 0 aliphatic rings. The fraction of sp³-hybridized carbons (Fsp3) is 0.234. The molecule has 0 aliphatic heterocycles. The lowest BCUT2D eigenvalue weighted by molar-refractivity contribution is -0.127. The third-order valence-corrected chi connectivity index (χ3v) is 11.1. The maximum Gasteiger partial charge on any atom is 0.258 e. The zero-order chi connectivity index (χ0) is 49.5. The highest BCUT2D eigenvalue weighted by Gasteiger charge is 2.26. The number of rotatable bonds is 21. The number of nitrogens with zero attached hydrogens (tertiary/aromatic N) is 4. The fourth-order valence-corrected chi connectivity index (χ4v) is 7.35. The Labute approximate surface area is 416 Å². The Morgan fingerprint density at radius 1 is 0.544 bits per heavy atom. The monoisotopic (exact) mass is 1020 g/mol. The van der Waals surface area contributed by atoms with Gasteiger partial charge in [0.15, 0.2) is 11.6 Å². The van der Waals surface area contributed by atoms with Crippen molar-refractivity contribution in [2.24, 2.45) is 20.5 Å². The van der Waals surface area contributed by atoms with Gasteiger partial charge in [0.05, 0.1) is 58.1 Å². The second-order valence-corrected chi connectivity index (χ2v) is 16.5. The molecule has 2 atom stereocenters. The van der Waals surface area contributed by atoms with Gasteiger partial charge in [0, 0.05) is 29.0 Å². The molecule has 0 aliphatic carbocycles. The summed E-state index contributed by atoms with van der Waals surface area (Å²) in [5, 5.41) is 27.0. The van der Waals surface area contributed by atoms with Crippen LogP contribution >= 0.6 is 58.0 Å². The SMILES string of the molecule is COc1cc(CCCl)ccc1NC(=O)c1cc(N=NC(C(C)=O)C(=O)Nc2ccc(NC(=O)C(N=Nc3ccc(Cl)c(C(=O)Nc4ccc(CCCl)cc4OC)c3)C(C)=O)c(CCl)c2)ccc1Cl. The molecule has 354 valence electrons. The number of methoxy groups -OCH3 is 2. The molecule has 0 saturated heterocycles. The summed E-state index contributed by atoms with van der Waals surface area (Å²) < 4.78 is 10.9. The van der Waals surface area contributed by atoms with E-state index < -0.39 is 47.3 Å². The smallest absolute Gasteiger partial charge is 0.258 e. The molecule has 0 heterocycles. The Morgan fingerprint density at radius 3 is 1.40 bits per heavy atom. The van der Waals surface area contributed by atoms with Gasteiger partial charge >= 0.3 is 0 Å². The molecule has 16 nitrogen and oxygen atoms in total. The second kappa shape index (κ2) is 25.1. The van der Waals surface area contributed by atoms with Crippen LogP contribution in [-0.2, 0) is 37.9 Å². The van der Waals surface area contributed by atoms with E-state index in [2.05, 4.69) is 41.7 Å². The first-order valence-corrected chi connectivity index (χ1v) is 22.8. The zero-order valence-electron chi connectivity index (χ0n) is 36.8. The Hall–Kier alpha value is -6.43. The van der Waals surface area contributed by atoms with Crippen LogP contribution in [0.5, 0.6) is 11.5 Å².